The lowest BCUT2D eigenvalue weighted by molar-refractivity contribution is 0.887. The molecule has 2 heterocycles. The van der Waals surface area contributed by atoms with Gasteiger partial charge in [0.25, 0.3) is 0 Å². The van der Waals surface area contributed by atoms with E-state index in [-0.39, 0.29) is 5.95 Å². The number of hydrogen-bond acceptors (Lipinski definition) is 5. The second kappa shape index (κ2) is 5.42. The highest BCUT2D eigenvalue weighted by Gasteiger charge is 2.17. The molecule has 1 aliphatic rings. The maximum absolute atomic E-state index is 6.03. The fourth-order valence-electron chi connectivity index (χ4n) is 2.20. The second-order valence-corrected chi connectivity index (χ2v) is 5.45. The van der Waals surface area contributed by atoms with Crippen molar-refractivity contribution in [2.24, 2.45) is 0 Å². The molecular formula is C13H13Cl2N5. The standard InChI is InChI=1S/C13H13Cl2N5/c14-9-4-3-8(7-10(9)15)11-17-12(16)19-13(18-11)20-5-1-2-6-20/h3-4,7H,1-2,5-6H2,(H2,16,17,18,19). The van der Waals surface area contributed by atoms with E-state index in [0.29, 0.717) is 21.8 Å². The molecular weight excluding hydrogens is 297 g/mol. The summed E-state index contributed by atoms with van der Waals surface area (Å²) < 4.78 is 0. The van der Waals surface area contributed by atoms with E-state index in [1.807, 2.05) is 6.07 Å². The Bertz CT molecular complexity index is 641. The summed E-state index contributed by atoms with van der Waals surface area (Å²) in [6, 6.07) is 5.26. The van der Waals surface area contributed by atoms with E-state index in [2.05, 4.69) is 19.9 Å². The van der Waals surface area contributed by atoms with Crippen LogP contribution >= 0.6 is 23.2 Å². The monoisotopic (exact) mass is 309 g/mol. The zero-order valence-electron chi connectivity index (χ0n) is 10.7. The molecule has 0 aliphatic carbocycles. The maximum Gasteiger partial charge on any atom is 0.230 e. The van der Waals surface area contributed by atoms with Crippen molar-refractivity contribution in [2.75, 3.05) is 23.7 Å². The van der Waals surface area contributed by atoms with Gasteiger partial charge in [0.1, 0.15) is 0 Å². The number of aromatic nitrogens is 3. The van der Waals surface area contributed by atoms with E-state index in [0.717, 1.165) is 31.5 Å². The van der Waals surface area contributed by atoms with Crippen molar-refractivity contribution < 1.29 is 0 Å². The number of rotatable bonds is 2. The van der Waals surface area contributed by atoms with Crippen molar-refractivity contribution in [3.8, 4) is 11.4 Å². The van der Waals surface area contributed by atoms with Crippen LogP contribution in [0.3, 0.4) is 0 Å². The van der Waals surface area contributed by atoms with Crippen molar-refractivity contribution >= 4 is 35.1 Å². The minimum atomic E-state index is 0.211. The first kappa shape index (κ1) is 13.4. The van der Waals surface area contributed by atoms with Crippen molar-refractivity contribution in [1.82, 2.24) is 15.0 Å². The number of halogens is 2. The van der Waals surface area contributed by atoms with Gasteiger partial charge in [0.2, 0.25) is 11.9 Å². The number of nitrogen functional groups attached to an aromatic ring is 1. The highest BCUT2D eigenvalue weighted by Crippen LogP contribution is 2.28. The lowest BCUT2D eigenvalue weighted by Crippen LogP contribution is -2.21. The predicted molar refractivity (Wildman–Crippen MR) is 81.1 cm³/mol. The molecule has 2 aromatic rings. The molecule has 1 fully saturated rings. The number of hydrogen-bond donors (Lipinski definition) is 1. The number of nitrogens with two attached hydrogens (primary N) is 1. The fourth-order valence-corrected chi connectivity index (χ4v) is 2.50. The van der Waals surface area contributed by atoms with Crippen LogP contribution < -0.4 is 10.6 Å². The van der Waals surface area contributed by atoms with Crippen LogP contribution in [0.15, 0.2) is 18.2 Å². The molecule has 0 bridgehead atoms. The van der Waals surface area contributed by atoms with Crippen LogP contribution in [0.25, 0.3) is 11.4 Å². The Morgan fingerprint density at radius 1 is 1.00 bits per heavy atom. The molecule has 3 rings (SSSR count). The molecule has 20 heavy (non-hydrogen) atoms. The van der Waals surface area contributed by atoms with Crippen molar-refractivity contribution in [3.05, 3.63) is 28.2 Å². The minimum Gasteiger partial charge on any atom is -0.368 e. The molecule has 0 atom stereocenters. The van der Waals surface area contributed by atoms with Crippen LogP contribution in [0, 0.1) is 0 Å². The Morgan fingerprint density at radius 3 is 2.45 bits per heavy atom. The summed E-state index contributed by atoms with van der Waals surface area (Å²) >= 11 is 11.9. The minimum absolute atomic E-state index is 0.211. The van der Waals surface area contributed by atoms with Gasteiger partial charge in [0, 0.05) is 18.7 Å². The summed E-state index contributed by atoms with van der Waals surface area (Å²) in [4.78, 5) is 15.0. The van der Waals surface area contributed by atoms with Gasteiger partial charge in [-0.3, -0.25) is 0 Å². The molecule has 0 radical (unpaired) electrons. The maximum atomic E-state index is 6.03. The third-order valence-corrected chi connectivity index (χ3v) is 3.95. The Labute approximate surface area is 126 Å². The largest absolute Gasteiger partial charge is 0.368 e. The molecule has 0 amide bonds. The summed E-state index contributed by atoms with van der Waals surface area (Å²) in [5.41, 5.74) is 6.56. The van der Waals surface area contributed by atoms with E-state index in [1.165, 1.54) is 0 Å². The van der Waals surface area contributed by atoms with E-state index >= 15 is 0 Å². The van der Waals surface area contributed by atoms with Crippen LogP contribution in [0.4, 0.5) is 11.9 Å². The van der Waals surface area contributed by atoms with Crippen molar-refractivity contribution in [1.29, 1.82) is 0 Å². The molecule has 1 aromatic carbocycles. The van der Waals surface area contributed by atoms with Gasteiger partial charge in [0.15, 0.2) is 5.82 Å². The van der Waals surface area contributed by atoms with Gasteiger partial charge < -0.3 is 10.6 Å². The van der Waals surface area contributed by atoms with Crippen LogP contribution in [-0.4, -0.2) is 28.0 Å². The Kier molecular flexibility index (Phi) is 3.63. The highest BCUT2D eigenvalue weighted by molar-refractivity contribution is 6.42. The molecule has 104 valence electrons. The molecule has 2 N–H and O–H groups in total. The Morgan fingerprint density at radius 2 is 1.75 bits per heavy atom. The summed E-state index contributed by atoms with van der Waals surface area (Å²) in [5, 5.41) is 0.961. The fraction of sp³-hybridized carbons (Fsp3) is 0.308. The van der Waals surface area contributed by atoms with Gasteiger partial charge in [0.05, 0.1) is 10.0 Å². The van der Waals surface area contributed by atoms with Gasteiger partial charge >= 0.3 is 0 Å². The molecule has 0 spiro atoms. The molecule has 1 aliphatic heterocycles. The van der Waals surface area contributed by atoms with E-state index in [4.69, 9.17) is 28.9 Å². The van der Waals surface area contributed by atoms with Crippen LogP contribution in [0.2, 0.25) is 10.0 Å². The third kappa shape index (κ3) is 2.64. The first-order valence-electron chi connectivity index (χ1n) is 6.35. The zero-order chi connectivity index (χ0) is 14.1. The van der Waals surface area contributed by atoms with Crippen molar-refractivity contribution in [2.45, 2.75) is 12.8 Å². The SMILES string of the molecule is Nc1nc(-c2ccc(Cl)c(Cl)c2)nc(N2CCCC2)n1. The average molecular weight is 310 g/mol. The molecule has 0 unspecified atom stereocenters. The summed E-state index contributed by atoms with van der Waals surface area (Å²) in [5.74, 6) is 1.34. The van der Waals surface area contributed by atoms with E-state index < -0.39 is 0 Å². The summed E-state index contributed by atoms with van der Waals surface area (Å²) in [7, 11) is 0. The summed E-state index contributed by atoms with van der Waals surface area (Å²) in [6.07, 6.45) is 2.29. The molecule has 1 saturated heterocycles. The quantitative estimate of drug-likeness (QED) is 0.923. The van der Waals surface area contributed by atoms with Gasteiger partial charge in [-0.25, -0.2) is 0 Å². The van der Waals surface area contributed by atoms with Crippen LogP contribution in [0.5, 0.6) is 0 Å². The Balaban J connectivity index is 2.02. The first-order chi connectivity index (χ1) is 9.63. The zero-order valence-corrected chi connectivity index (χ0v) is 12.2. The van der Waals surface area contributed by atoms with Crippen LogP contribution in [-0.2, 0) is 0 Å². The van der Waals surface area contributed by atoms with Gasteiger partial charge in [-0.05, 0) is 31.0 Å². The summed E-state index contributed by atoms with van der Waals surface area (Å²) in [6.45, 7) is 1.90. The third-order valence-electron chi connectivity index (χ3n) is 3.21. The van der Waals surface area contributed by atoms with E-state index in [1.54, 1.807) is 12.1 Å². The van der Waals surface area contributed by atoms with Crippen LogP contribution in [0.1, 0.15) is 12.8 Å². The number of anilines is 2. The van der Waals surface area contributed by atoms with E-state index in [9.17, 15) is 0 Å². The van der Waals surface area contributed by atoms with Gasteiger partial charge in [-0.1, -0.05) is 23.2 Å². The second-order valence-electron chi connectivity index (χ2n) is 4.64. The van der Waals surface area contributed by atoms with Crippen molar-refractivity contribution in [3.63, 3.8) is 0 Å². The lowest BCUT2D eigenvalue weighted by atomic mass is 10.2. The number of nitrogens with zero attached hydrogens (tertiary/aromatic N) is 4. The molecule has 0 saturated carbocycles. The topological polar surface area (TPSA) is 67.9 Å². The Hall–Kier alpha value is -1.59. The molecule has 7 heteroatoms. The highest BCUT2D eigenvalue weighted by atomic mass is 35.5. The van der Waals surface area contributed by atoms with Gasteiger partial charge in [-0.15, -0.1) is 0 Å². The molecule has 1 aromatic heterocycles. The molecule has 5 nitrogen and oxygen atoms in total. The number of benzene rings is 1. The average Bonchev–Trinajstić information content (AvgIpc) is 2.95. The lowest BCUT2D eigenvalue weighted by Gasteiger charge is -2.15. The normalized spacial score (nSPS) is 14.8. The predicted octanol–water partition coefficient (Wildman–Crippen LogP) is 3.03. The smallest absolute Gasteiger partial charge is 0.230 e. The van der Waals surface area contributed by atoms with Gasteiger partial charge in [-0.2, -0.15) is 15.0 Å². The first-order valence-corrected chi connectivity index (χ1v) is 7.11.